The van der Waals surface area contributed by atoms with Gasteiger partial charge in [-0.15, -0.1) is 6.42 Å². The van der Waals surface area contributed by atoms with Crippen LogP contribution < -0.4 is 0 Å². The first-order valence-electron chi connectivity index (χ1n) is 6.92. The van der Waals surface area contributed by atoms with Gasteiger partial charge in [0.1, 0.15) is 0 Å². The summed E-state index contributed by atoms with van der Waals surface area (Å²) in [6, 6.07) is 7.86. The van der Waals surface area contributed by atoms with E-state index in [9.17, 15) is 9.59 Å². The minimum Gasteiger partial charge on any atom is -0.335 e. The molecular formula is C17H14N2O2S. The zero-order chi connectivity index (χ0) is 15.7. The molecular weight excluding hydrogens is 296 g/mol. The number of likely N-dealkylation sites (N-methyl/N-ethyl adjacent to an activating group) is 1. The fraction of sp³-hybridized carbons (Fsp3) is 0.176. The van der Waals surface area contributed by atoms with Gasteiger partial charge < -0.3 is 4.57 Å². The van der Waals surface area contributed by atoms with Crippen molar-refractivity contribution in [3.05, 3.63) is 40.9 Å². The van der Waals surface area contributed by atoms with Crippen LogP contribution in [0.15, 0.2) is 35.4 Å². The number of carbonyl (C=O) groups is 2. The second kappa shape index (κ2) is 5.74. The maximum atomic E-state index is 12.2. The molecule has 1 fully saturated rings. The van der Waals surface area contributed by atoms with Crippen LogP contribution in [0.3, 0.4) is 0 Å². The first kappa shape index (κ1) is 14.5. The molecule has 5 heteroatoms. The highest BCUT2D eigenvalue weighted by molar-refractivity contribution is 8.18. The van der Waals surface area contributed by atoms with E-state index in [2.05, 4.69) is 5.92 Å². The number of benzene rings is 1. The van der Waals surface area contributed by atoms with Crippen molar-refractivity contribution in [2.24, 2.45) is 0 Å². The molecule has 0 atom stereocenters. The molecule has 2 aromatic rings. The van der Waals surface area contributed by atoms with Crippen LogP contribution in [0, 0.1) is 12.3 Å². The largest absolute Gasteiger partial charge is 0.335 e. The van der Waals surface area contributed by atoms with Gasteiger partial charge >= 0.3 is 0 Å². The topological polar surface area (TPSA) is 42.3 Å². The number of amides is 2. The van der Waals surface area contributed by atoms with Crippen molar-refractivity contribution >= 4 is 39.9 Å². The van der Waals surface area contributed by atoms with Crippen molar-refractivity contribution in [1.29, 1.82) is 0 Å². The van der Waals surface area contributed by atoms with Crippen LogP contribution in [0.2, 0.25) is 0 Å². The standard InChI is InChI=1S/C17H14N2O2S/c1-3-9-18-11-12(13-7-5-6-8-14(13)18)10-15-16(20)19(4-2)17(21)22-15/h1,5-8,10-11H,4,9H2,2H3/b15-10+. The third-order valence-corrected chi connectivity index (χ3v) is 4.46. The lowest BCUT2D eigenvalue weighted by atomic mass is 10.1. The molecule has 0 bridgehead atoms. The lowest BCUT2D eigenvalue weighted by Crippen LogP contribution is -2.27. The molecule has 1 aromatic heterocycles. The van der Waals surface area contributed by atoms with Gasteiger partial charge in [-0.3, -0.25) is 14.5 Å². The van der Waals surface area contributed by atoms with Crippen molar-refractivity contribution in [3.8, 4) is 12.3 Å². The molecule has 2 heterocycles. The van der Waals surface area contributed by atoms with E-state index < -0.39 is 0 Å². The number of carbonyl (C=O) groups excluding carboxylic acids is 2. The number of terminal acetylenes is 1. The molecule has 0 unspecified atom stereocenters. The summed E-state index contributed by atoms with van der Waals surface area (Å²) >= 11 is 0.981. The summed E-state index contributed by atoms with van der Waals surface area (Å²) in [5.41, 5.74) is 1.91. The average Bonchev–Trinajstić information content (AvgIpc) is 2.99. The monoisotopic (exact) mass is 310 g/mol. The first-order valence-corrected chi connectivity index (χ1v) is 7.74. The lowest BCUT2D eigenvalue weighted by molar-refractivity contribution is -0.122. The number of imide groups is 1. The fourth-order valence-corrected chi connectivity index (χ4v) is 3.43. The number of nitrogens with zero attached hydrogens (tertiary/aromatic N) is 2. The SMILES string of the molecule is C#CCn1cc(/C=C2/SC(=O)N(CC)C2=O)c2ccccc21. The quantitative estimate of drug-likeness (QED) is 0.645. The van der Waals surface area contributed by atoms with Gasteiger partial charge in [-0.1, -0.05) is 24.1 Å². The van der Waals surface area contributed by atoms with E-state index in [0.717, 1.165) is 28.2 Å². The minimum absolute atomic E-state index is 0.217. The summed E-state index contributed by atoms with van der Waals surface area (Å²) in [7, 11) is 0. The van der Waals surface area contributed by atoms with Gasteiger partial charge in [0, 0.05) is 29.2 Å². The number of thioether (sulfide) groups is 1. The van der Waals surface area contributed by atoms with Gasteiger partial charge in [-0.2, -0.15) is 0 Å². The fourth-order valence-electron chi connectivity index (χ4n) is 2.53. The van der Waals surface area contributed by atoms with Crippen LogP contribution in [-0.4, -0.2) is 27.2 Å². The Morgan fingerprint density at radius 1 is 1.32 bits per heavy atom. The molecule has 4 nitrogen and oxygen atoms in total. The number of hydrogen-bond acceptors (Lipinski definition) is 3. The molecule has 0 spiro atoms. The number of rotatable bonds is 3. The van der Waals surface area contributed by atoms with E-state index in [1.807, 2.05) is 35.0 Å². The normalized spacial score (nSPS) is 16.7. The Morgan fingerprint density at radius 2 is 2.09 bits per heavy atom. The Hall–Kier alpha value is -2.45. The molecule has 0 saturated carbocycles. The molecule has 1 aliphatic rings. The summed E-state index contributed by atoms with van der Waals surface area (Å²) in [4.78, 5) is 25.7. The van der Waals surface area contributed by atoms with E-state index in [1.54, 1.807) is 13.0 Å². The summed E-state index contributed by atoms with van der Waals surface area (Å²) < 4.78 is 1.96. The molecule has 0 aliphatic carbocycles. The highest BCUT2D eigenvalue weighted by Gasteiger charge is 2.33. The molecule has 0 radical (unpaired) electrons. The van der Waals surface area contributed by atoms with Crippen LogP contribution >= 0.6 is 11.8 Å². The van der Waals surface area contributed by atoms with Gasteiger partial charge in [-0.05, 0) is 30.8 Å². The molecule has 22 heavy (non-hydrogen) atoms. The van der Waals surface area contributed by atoms with E-state index in [0.29, 0.717) is 18.0 Å². The van der Waals surface area contributed by atoms with Gasteiger partial charge in [0.25, 0.3) is 11.1 Å². The highest BCUT2D eigenvalue weighted by atomic mass is 32.2. The molecule has 1 aliphatic heterocycles. The molecule has 2 amide bonds. The minimum atomic E-state index is -0.230. The molecule has 110 valence electrons. The number of hydrogen-bond donors (Lipinski definition) is 0. The van der Waals surface area contributed by atoms with Gasteiger partial charge in [0.15, 0.2) is 0 Å². The Morgan fingerprint density at radius 3 is 2.77 bits per heavy atom. The molecule has 1 aromatic carbocycles. The van der Waals surface area contributed by atoms with Crippen molar-refractivity contribution in [3.63, 3.8) is 0 Å². The van der Waals surface area contributed by atoms with Crippen molar-refractivity contribution < 1.29 is 9.59 Å². The Kier molecular flexibility index (Phi) is 3.78. The molecule has 3 rings (SSSR count). The van der Waals surface area contributed by atoms with Crippen molar-refractivity contribution in [2.45, 2.75) is 13.5 Å². The van der Waals surface area contributed by atoms with Gasteiger partial charge in [0.05, 0.1) is 11.4 Å². The zero-order valence-electron chi connectivity index (χ0n) is 12.1. The molecule has 1 saturated heterocycles. The van der Waals surface area contributed by atoms with E-state index in [4.69, 9.17) is 6.42 Å². The maximum absolute atomic E-state index is 12.2. The van der Waals surface area contributed by atoms with Crippen LogP contribution in [-0.2, 0) is 11.3 Å². The number of para-hydroxylation sites is 1. The molecule has 0 N–H and O–H groups in total. The average molecular weight is 310 g/mol. The second-order valence-electron chi connectivity index (χ2n) is 4.86. The lowest BCUT2D eigenvalue weighted by Gasteiger charge is -2.06. The predicted molar refractivity (Wildman–Crippen MR) is 89.1 cm³/mol. The summed E-state index contributed by atoms with van der Waals surface area (Å²) in [6.07, 6.45) is 9.10. The second-order valence-corrected chi connectivity index (χ2v) is 5.85. The summed E-state index contributed by atoms with van der Waals surface area (Å²) in [5.74, 6) is 2.39. The Bertz CT molecular complexity index is 842. The maximum Gasteiger partial charge on any atom is 0.293 e. The van der Waals surface area contributed by atoms with Crippen molar-refractivity contribution in [1.82, 2.24) is 9.47 Å². The van der Waals surface area contributed by atoms with Gasteiger partial charge in [-0.25, -0.2) is 0 Å². The van der Waals surface area contributed by atoms with E-state index >= 15 is 0 Å². The number of aromatic nitrogens is 1. The van der Waals surface area contributed by atoms with Crippen LogP contribution in [0.5, 0.6) is 0 Å². The zero-order valence-corrected chi connectivity index (χ0v) is 12.9. The number of fused-ring (bicyclic) bond motifs is 1. The van der Waals surface area contributed by atoms with Gasteiger partial charge in [0.2, 0.25) is 0 Å². The third kappa shape index (κ3) is 2.32. The van der Waals surface area contributed by atoms with E-state index in [-0.39, 0.29) is 11.1 Å². The third-order valence-electron chi connectivity index (χ3n) is 3.56. The Labute approximate surface area is 132 Å². The highest BCUT2D eigenvalue weighted by Crippen LogP contribution is 2.33. The van der Waals surface area contributed by atoms with Crippen LogP contribution in [0.4, 0.5) is 4.79 Å². The van der Waals surface area contributed by atoms with E-state index in [1.165, 1.54) is 4.90 Å². The first-order chi connectivity index (χ1) is 10.7. The smallest absolute Gasteiger partial charge is 0.293 e. The predicted octanol–water partition coefficient (Wildman–Crippen LogP) is 3.33. The van der Waals surface area contributed by atoms with Crippen LogP contribution in [0.1, 0.15) is 12.5 Å². The summed E-state index contributed by atoms with van der Waals surface area (Å²) in [6.45, 7) is 2.64. The Balaban J connectivity index is 2.08. The summed E-state index contributed by atoms with van der Waals surface area (Å²) in [5, 5.41) is 0.798. The van der Waals surface area contributed by atoms with Crippen LogP contribution in [0.25, 0.3) is 17.0 Å². The van der Waals surface area contributed by atoms with Crippen molar-refractivity contribution in [2.75, 3.05) is 6.54 Å².